The number of phenolic OH excluding ortho intramolecular Hbond substituents is 4. The highest BCUT2D eigenvalue weighted by Crippen LogP contribution is 2.38. The lowest BCUT2D eigenvalue weighted by molar-refractivity contribution is -0.280. The number of phenols is 4. The van der Waals surface area contributed by atoms with Gasteiger partial charge < -0.3 is 48.5 Å². The maximum absolute atomic E-state index is 13.9. The summed E-state index contributed by atoms with van der Waals surface area (Å²) in [5, 5.41) is 39.5. The van der Waals surface area contributed by atoms with Crippen LogP contribution in [0.25, 0.3) is 28.4 Å². The maximum Gasteiger partial charge on any atom is 0.331 e. The number of benzene rings is 3. The van der Waals surface area contributed by atoms with Crippen LogP contribution in [0.15, 0.2) is 76.0 Å². The predicted molar refractivity (Wildman–Crippen MR) is 166 cm³/mol. The van der Waals surface area contributed by atoms with Gasteiger partial charge in [0.1, 0.15) is 34.0 Å². The number of aromatic hydroxyl groups is 4. The Balaban J connectivity index is 1.55. The van der Waals surface area contributed by atoms with E-state index in [1.54, 1.807) is 12.1 Å². The summed E-state index contributed by atoms with van der Waals surface area (Å²) in [5.41, 5.74) is -0.319. The largest absolute Gasteiger partial charge is 0.508 e. The molecule has 1 fully saturated rings. The van der Waals surface area contributed by atoms with Gasteiger partial charge in [0, 0.05) is 37.6 Å². The Morgan fingerprint density at radius 1 is 0.771 bits per heavy atom. The molecule has 14 heteroatoms. The average Bonchev–Trinajstić information content (AvgIpc) is 3.01. The molecule has 4 aromatic rings. The van der Waals surface area contributed by atoms with Gasteiger partial charge in [-0.1, -0.05) is 12.1 Å². The molecule has 5 atom stereocenters. The molecule has 5 rings (SSSR count). The second kappa shape index (κ2) is 13.8. The summed E-state index contributed by atoms with van der Waals surface area (Å²) in [6, 6.07) is 13.5. The van der Waals surface area contributed by atoms with Crippen molar-refractivity contribution in [3.63, 3.8) is 0 Å². The number of fused-ring (bicyclic) bond motifs is 1. The molecule has 14 nitrogen and oxygen atoms in total. The minimum absolute atomic E-state index is 0.0353. The van der Waals surface area contributed by atoms with Gasteiger partial charge >= 0.3 is 17.9 Å². The molecule has 0 spiro atoms. The Hall–Kier alpha value is -6.02. The molecule has 0 saturated carbocycles. The van der Waals surface area contributed by atoms with E-state index in [-0.39, 0.29) is 33.8 Å². The lowest BCUT2D eigenvalue weighted by Gasteiger charge is -2.43. The summed E-state index contributed by atoms with van der Waals surface area (Å²) in [5.74, 6) is -4.38. The number of hydrogen-bond donors (Lipinski definition) is 4. The van der Waals surface area contributed by atoms with E-state index in [1.165, 1.54) is 49.4 Å². The monoisotopic (exact) mass is 662 g/mol. The third kappa shape index (κ3) is 7.34. The second-order valence-electron chi connectivity index (χ2n) is 10.8. The lowest BCUT2D eigenvalue weighted by atomic mass is 9.98. The molecular formula is C34H30O14. The van der Waals surface area contributed by atoms with Gasteiger partial charge in [-0.05, 0) is 55.0 Å². The van der Waals surface area contributed by atoms with Gasteiger partial charge in [-0.15, -0.1) is 0 Å². The van der Waals surface area contributed by atoms with Crippen LogP contribution in [0.5, 0.6) is 28.7 Å². The minimum atomic E-state index is -1.67. The van der Waals surface area contributed by atoms with Crippen LogP contribution in [-0.2, 0) is 33.3 Å². The Labute approximate surface area is 271 Å². The normalized spacial score (nSPS) is 20.7. The van der Waals surface area contributed by atoms with Crippen molar-refractivity contribution in [3.05, 3.63) is 82.5 Å². The summed E-state index contributed by atoms with van der Waals surface area (Å²) in [7, 11) is 0. The van der Waals surface area contributed by atoms with Gasteiger partial charge in [-0.2, -0.15) is 0 Å². The van der Waals surface area contributed by atoms with Crippen molar-refractivity contribution >= 4 is 35.0 Å². The highest BCUT2D eigenvalue weighted by atomic mass is 16.7. The first kappa shape index (κ1) is 33.3. The van der Waals surface area contributed by atoms with Crippen molar-refractivity contribution < 1.29 is 62.9 Å². The average molecular weight is 663 g/mol. The third-order valence-electron chi connectivity index (χ3n) is 7.17. The zero-order chi connectivity index (χ0) is 34.7. The molecule has 1 saturated heterocycles. The van der Waals surface area contributed by atoms with Crippen LogP contribution in [0.4, 0.5) is 0 Å². The van der Waals surface area contributed by atoms with Crippen LogP contribution in [0.3, 0.4) is 0 Å². The smallest absolute Gasteiger partial charge is 0.331 e. The maximum atomic E-state index is 13.9. The Kier molecular flexibility index (Phi) is 9.56. The van der Waals surface area contributed by atoms with Crippen LogP contribution >= 0.6 is 0 Å². The summed E-state index contributed by atoms with van der Waals surface area (Å²) < 4.78 is 34.5. The van der Waals surface area contributed by atoms with Crippen LogP contribution < -0.4 is 10.2 Å². The summed E-state index contributed by atoms with van der Waals surface area (Å²) >= 11 is 0. The fraction of sp³-hybridized carbons (Fsp3) is 0.235. The molecule has 0 radical (unpaired) electrons. The van der Waals surface area contributed by atoms with Crippen molar-refractivity contribution in [2.45, 2.75) is 51.5 Å². The minimum Gasteiger partial charge on any atom is -0.508 e. The van der Waals surface area contributed by atoms with E-state index in [9.17, 15) is 39.6 Å². The molecular weight excluding hydrogens is 632 g/mol. The van der Waals surface area contributed by atoms with Gasteiger partial charge in [0.05, 0.1) is 6.10 Å². The van der Waals surface area contributed by atoms with Crippen LogP contribution in [-0.4, -0.2) is 69.0 Å². The zero-order valence-electron chi connectivity index (χ0n) is 25.7. The number of rotatable bonds is 8. The molecule has 0 unspecified atom stereocenters. The topological polar surface area (TPSA) is 208 Å². The Morgan fingerprint density at radius 3 is 2.00 bits per heavy atom. The van der Waals surface area contributed by atoms with Crippen molar-refractivity contribution in [2.75, 3.05) is 0 Å². The van der Waals surface area contributed by atoms with Gasteiger partial charge in [0.15, 0.2) is 18.0 Å². The van der Waals surface area contributed by atoms with E-state index in [0.29, 0.717) is 5.56 Å². The number of hydrogen-bond acceptors (Lipinski definition) is 14. The van der Waals surface area contributed by atoms with Gasteiger partial charge in [-0.25, -0.2) is 4.79 Å². The molecule has 4 N–H and O–H groups in total. The van der Waals surface area contributed by atoms with Crippen LogP contribution in [0.1, 0.15) is 26.3 Å². The van der Waals surface area contributed by atoms with Gasteiger partial charge in [0.2, 0.25) is 23.6 Å². The molecule has 48 heavy (non-hydrogen) atoms. The van der Waals surface area contributed by atoms with E-state index in [4.69, 9.17) is 28.1 Å². The predicted octanol–water partition coefficient (Wildman–Crippen LogP) is 3.89. The number of carbonyl (C=O) groups excluding carboxylic acids is 3. The highest BCUT2D eigenvalue weighted by molar-refractivity contribution is 5.88. The fourth-order valence-corrected chi connectivity index (χ4v) is 5.09. The molecule has 1 aliphatic heterocycles. The number of carbonyl (C=O) groups is 3. The summed E-state index contributed by atoms with van der Waals surface area (Å²) in [6.45, 7) is 3.62. The van der Waals surface area contributed by atoms with Crippen molar-refractivity contribution in [1.29, 1.82) is 0 Å². The van der Waals surface area contributed by atoms with E-state index in [0.717, 1.165) is 32.1 Å². The van der Waals surface area contributed by atoms with E-state index < -0.39 is 71.3 Å². The summed E-state index contributed by atoms with van der Waals surface area (Å²) in [4.78, 5) is 51.3. The van der Waals surface area contributed by atoms with Crippen LogP contribution in [0, 0.1) is 0 Å². The quantitative estimate of drug-likeness (QED) is 0.120. The first-order valence-electron chi connectivity index (χ1n) is 14.5. The first-order valence-corrected chi connectivity index (χ1v) is 14.5. The Bertz CT molecular complexity index is 1930. The third-order valence-corrected chi connectivity index (χ3v) is 7.17. The van der Waals surface area contributed by atoms with E-state index in [2.05, 4.69) is 0 Å². The molecule has 2 heterocycles. The molecule has 0 bridgehead atoms. The summed E-state index contributed by atoms with van der Waals surface area (Å²) in [6.07, 6.45) is -4.70. The molecule has 0 amide bonds. The van der Waals surface area contributed by atoms with Crippen molar-refractivity contribution in [2.24, 2.45) is 0 Å². The molecule has 250 valence electrons. The van der Waals surface area contributed by atoms with E-state index >= 15 is 0 Å². The standard InChI is InChI=1S/C34H30O14/c1-16-29(47-26(41)13-6-19-4-9-21(37)10-5-19)32(44-17(2)35)33(45-18(3)36)34(43-16)48-31-28(42)27-24(40)14-23(39)15-25(27)46-30(31)20-7-11-22(38)12-8-20/h4-16,29,32-34,37-40H,1-3H3/b13-6+/t16-,29-,32+,33+,34-/m0/s1. The number of esters is 3. The number of ether oxygens (including phenoxy) is 5. The molecule has 1 aliphatic rings. The molecule has 1 aromatic heterocycles. The second-order valence-corrected chi connectivity index (χ2v) is 10.8. The SMILES string of the molecule is CC(=O)O[C@@H]1[C@@H](OC(=O)/C=C/c2ccc(O)cc2)[C@H](C)O[C@@H](Oc2c(-c3ccc(O)cc3)oc3cc(O)cc(O)c3c2=O)[C@@H]1OC(C)=O. The Morgan fingerprint density at radius 2 is 1.38 bits per heavy atom. The van der Waals surface area contributed by atoms with Crippen molar-refractivity contribution in [3.8, 4) is 40.1 Å². The lowest BCUT2D eigenvalue weighted by Crippen LogP contribution is -2.62. The fourth-order valence-electron chi connectivity index (χ4n) is 5.09. The molecule has 0 aliphatic carbocycles. The van der Waals surface area contributed by atoms with Gasteiger partial charge in [-0.3, -0.25) is 14.4 Å². The van der Waals surface area contributed by atoms with Crippen LogP contribution in [0.2, 0.25) is 0 Å². The first-order chi connectivity index (χ1) is 22.8. The molecule has 3 aromatic carbocycles. The van der Waals surface area contributed by atoms with Gasteiger partial charge in [0.25, 0.3) is 0 Å². The highest BCUT2D eigenvalue weighted by Gasteiger charge is 2.52. The van der Waals surface area contributed by atoms with Crippen molar-refractivity contribution in [1.82, 2.24) is 0 Å². The zero-order valence-corrected chi connectivity index (χ0v) is 25.7. The van der Waals surface area contributed by atoms with E-state index in [1.807, 2.05) is 0 Å².